The van der Waals surface area contributed by atoms with Crippen molar-refractivity contribution in [3.05, 3.63) is 18.2 Å². The molecule has 0 aliphatic carbocycles. The Kier molecular flexibility index (Phi) is 14.7. The van der Waals surface area contributed by atoms with Crippen LogP contribution in [0.3, 0.4) is 0 Å². The molecular weight excluding hydrogens is 332 g/mol. The van der Waals surface area contributed by atoms with E-state index in [1.165, 1.54) is 96.3 Å². The third-order valence-electron chi connectivity index (χ3n) is 5.29. The van der Waals surface area contributed by atoms with Crippen LogP contribution in [0.2, 0.25) is 0 Å². The van der Waals surface area contributed by atoms with Gasteiger partial charge in [-0.2, -0.15) is 0 Å². The highest BCUT2D eigenvalue weighted by molar-refractivity contribution is 5.60. The molecule has 0 aromatic heterocycles. The van der Waals surface area contributed by atoms with Gasteiger partial charge in [-0.1, -0.05) is 103 Å². The first kappa shape index (κ1) is 23.7. The van der Waals surface area contributed by atoms with Gasteiger partial charge in [-0.05, 0) is 24.6 Å². The molecule has 0 amide bonds. The monoisotopic (exact) mass is 376 g/mol. The van der Waals surface area contributed by atoms with Gasteiger partial charge < -0.3 is 16.2 Å². The Balaban J connectivity index is 1.78. The van der Waals surface area contributed by atoms with E-state index in [9.17, 15) is 0 Å². The normalized spacial score (nSPS) is 11.0. The summed E-state index contributed by atoms with van der Waals surface area (Å²) in [6, 6.07) is 5.44. The van der Waals surface area contributed by atoms with Crippen molar-refractivity contribution < 1.29 is 4.74 Å². The highest BCUT2D eigenvalue weighted by Crippen LogP contribution is 2.23. The van der Waals surface area contributed by atoms with E-state index in [-0.39, 0.29) is 0 Å². The van der Waals surface area contributed by atoms with E-state index in [1.807, 2.05) is 12.1 Å². The van der Waals surface area contributed by atoms with Crippen LogP contribution in [-0.2, 0) is 0 Å². The predicted octanol–water partition coefficient (Wildman–Crippen LogP) is 7.49. The lowest BCUT2D eigenvalue weighted by Gasteiger charge is -2.09. The van der Waals surface area contributed by atoms with Crippen LogP contribution in [0.4, 0.5) is 11.4 Å². The van der Waals surface area contributed by atoms with Crippen LogP contribution in [0.1, 0.15) is 110 Å². The number of nitrogen functional groups attached to an aromatic ring is 2. The summed E-state index contributed by atoms with van der Waals surface area (Å²) >= 11 is 0. The van der Waals surface area contributed by atoms with Crippen molar-refractivity contribution in [1.82, 2.24) is 0 Å². The van der Waals surface area contributed by atoms with Crippen LogP contribution < -0.4 is 16.2 Å². The van der Waals surface area contributed by atoms with Gasteiger partial charge in [0.1, 0.15) is 5.75 Å². The number of anilines is 2. The first-order valence-electron chi connectivity index (χ1n) is 11.5. The molecule has 156 valence electrons. The summed E-state index contributed by atoms with van der Waals surface area (Å²) in [5.74, 6) is 0.755. The third kappa shape index (κ3) is 13.4. The minimum Gasteiger partial charge on any atom is -0.491 e. The molecule has 0 heterocycles. The second kappa shape index (κ2) is 16.8. The van der Waals surface area contributed by atoms with Crippen LogP contribution in [-0.4, -0.2) is 6.61 Å². The van der Waals surface area contributed by atoms with Gasteiger partial charge in [0, 0.05) is 5.69 Å². The lowest BCUT2D eigenvalue weighted by atomic mass is 10.0. The van der Waals surface area contributed by atoms with Gasteiger partial charge in [0.2, 0.25) is 0 Å². The fraction of sp³-hybridized carbons (Fsp3) is 0.750. The van der Waals surface area contributed by atoms with Crippen LogP contribution in [0.5, 0.6) is 5.75 Å². The molecule has 1 rings (SSSR count). The summed E-state index contributed by atoms with van der Waals surface area (Å²) in [6.45, 7) is 3.03. The van der Waals surface area contributed by atoms with Gasteiger partial charge in [0.15, 0.2) is 0 Å². The van der Waals surface area contributed by atoms with Crippen LogP contribution in [0.15, 0.2) is 18.2 Å². The fourth-order valence-electron chi connectivity index (χ4n) is 3.53. The zero-order chi connectivity index (χ0) is 19.6. The van der Waals surface area contributed by atoms with E-state index < -0.39 is 0 Å². The standard InChI is InChI=1S/C24H44N2O/c1-2-3-4-5-6-7-8-9-10-11-12-13-14-15-16-17-20-27-24-19-18-22(25)21-23(24)26/h18-19,21H,2-17,20,25-26H2,1H3. The molecule has 4 N–H and O–H groups in total. The van der Waals surface area contributed by atoms with Crippen molar-refractivity contribution >= 4 is 11.4 Å². The Morgan fingerprint density at radius 2 is 1.07 bits per heavy atom. The maximum absolute atomic E-state index is 5.89. The van der Waals surface area contributed by atoms with Crippen molar-refractivity contribution in [2.24, 2.45) is 0 Å². The van der Waals surface area contributed by atoms with Crippen molar-refractivity contribution in [1.29, 1.82) is 0 Å². The van der Waals surface area contributed by atoms with Gasteiger partial charge in [-0.25, -0.2) is 0 Å². The van der Waals surface area contributed by atoms with Crippen molar-refractivity contribution in [3.8, 4) is 5.75 Å². The maximum atomic E-state index is 5.89. The number of unbranched alkanes of at least 4 members (excludes halogenated alkanes) is 15. The summed E-state index contributed by atoms with van der Waals surface area (Å²) in [6.07, 6.45) is 22.2. The minimum atomic E-state index is 0.631. The maximum Gasteiger partial charge on any atom is 0.142 e. The molecule has 0 radical (unpaired) electrons. The summed E-state index contributed by atoms with van der Waals surface area (Å²) in [4.78, 5) is 0. The van der Waals surface area contributed by atoms with Crippen molar-refractivity contribution in [3.63, 3.8) is 0 Å². The smallest absolute Gasteiger partial charge is 0.142 e. The largest absolute Gasteiger partial charge is 0.491 e. The topological polar surface area (TPSA) is 61.3 Å². The Labute approximate surface area is 168 Å². The molecule has 0 saturated heterocycles. The fourth-order valence-corrected chi connectivity index (χ4v) is 3.53. The third-order valence-corrected chi connectivity index (χ3v) is 5.29. The van der Waals surface area contributed by atoms with Crippen molar-refractivity contribution in [2.45, 2.75) is 110 Å². The summed E-state index contributed by atoms with van der Waals surface area (Å²) in [7, 11) is 0. The van der Waals surface area contributed by atoms with Crippen LogP contribution in [0, 0.1) is 0 Å². The molecule has 0 bridgehead atoms. The lowest BCUT2D eigenvalue weighted by molar-refractivity contribution is 0.306. The van der Waals surface area contributed by atoms with Gasteiger partial charge in [0.25, 0.3) is 0 Å². The molecule has 0 spiro atoms. The van der Waals surface area contributed by atoms with E-state index in [0.717, 1.165) is 18.8 Å². The molecule has 27 heavy (non-hydrogen) atoms. The lowest BCUT2D eigenvalue weighted by Crippen LogP contribution is -2.01. The molecule has 1 aromatic carbocycles. The SMILES string of the molecule is CCCCCCCCCCCCCCCCCCOc1ccc(N)cc1N. The highest BCUT2D eigenvalue weighted by Gasteiger charge is 2.00. The quantitative estimate of drug-likeness (QED) is 0.206. The summed E-state index contributed by atoms with van der Waals surface area (Å²) in [5.41, 5.74) is 12.9. The van der Waals surface area contributed by atoms with Gasteiger partial charge in [-0.3, -0.25) is 0 Å². The van der Waals surface area contributed by atoms with Gasteiger partial charge in [-0.15, -0.1) is 0 Å². The molecule has 0 unspecified atom stereocenters. The van der Waals surface area contributed by atoms with Crippen LogP contribution >= 0.6 is 0 Å². The molecule has 0 saturated carbocycles. The molecule has 0 atom stereocenters. The number of ether oxygens (including phenoxy) is 1. The Morgan fingerprint density at radius 1 is 0.630 bits per heavy atom. The summed E-state index contributed by atoms with van der Waals surface area (Å²) in [5, 5.41) is 0. The molecule has 3 nitrogen and oxygen atoms in total. The van der Waals surface area contributed by atoms with E-state index in [1.54, 1.807) is 6.07 Å². The average molecular weight is 377 g/mol. The molecule has 3 heteroatoms. The van der Waals surface area contributed by atoms with E-state index in [2.05, 4.69) is 6.92 Å². The molecule has 0 aliphatic rings. The molecule has 0 fully saturated rings. The van der Waals surface area contributed by atoms with E-state index in [4.69, 9.17) is 16.2 Å². The minimum absolute atomic E-state index is 0.631. The van der Waals surface area contributed by atoms with E-state index in [0.29, 0.717) is 11.4 Å². The first-order chi connectivity index (χ1) is 13.2. The zero-order valence-electron chi connectivity index (χ0n) is 17.8. The molecule has 0 aliphatic heterocycles. The molecular formula is C24H44N2O. The summed E-state index contributed by atoms with van der Waals surface area (Å²) < 4.78 is 5.73. The highest BCUT2D eigenvalue weighted by atomic mass is 16.5. The number of benzene rings is 1. The number of nitrogens with two attached hydrogens (primary N) is 2. The van der Waals surface area contributed by atoms with Crippen molar-refractivity contribution in [2.75, 3.05) is 18.1 Å². The second-order valence-corrected chi connectivity index (χ2v) is 7.95. The molecule has 1 aromatic rings. The predicted molar refractivity (Wildman–Crippen MR) is 120 cm³/mol. The van der Waals surface area contributed by atoms with Gasteiger partial charge >= 0.3 is 0 Å². The first-order valence-corrected chi connectivity index (χ1v) is 11.5. The Bertz CT molecular complexity index is 462. The number of rotatable bonds is 18. The Hall–Kier alpha value is -1.38. The van der Waals surface area contributed by atoms with Crippen LogP contribution in [0.25, 0.3) is 0 Å². The number of hydrogen-bond donors (Lipinski definition) is 2. The number of hydrogen-bond acceptors (Lipinski definition) is 3. The average Bonchev–Trinajstić information content (AvgIpc) is 2.65. The Morgan fingerprint density at radius 3 is 1.52 bits per heavy atom. The zero-order valence-corrected chi connectivity index (χ0v) is 17.8. The van der Waals surface area contributed by atoms with E-state index >= 15 is 0 Å². The second-order valence-electron chi connectivity index (χ2n) is 7.95. The van der Waals surface area contributed by atoms with Gasteiger partial charge in [0.05, 0.1) is 12.3 Å².